The number of amides is 1. The molecule has 1 amide bonds. The van der Waals surface area contributed by atoms with E-state index in [1.165, 1.54) is 0 Å². The first-order chi connectivity index (χ1) is 12.9. The highest BCUT2D eigenvalue weighted by atomic mass is 16.5. The van der Waals surface area contributed by atoms with Crippen LogP contribution in [0, 0.1) is 17.2 Å². The fourth-order valence-electron chi connectivity index (χ4n) is 2.87. The molecular formula is C21H23N3O3. The minimum absolute atomic E-state index is 0.00659. The molecule has 2 aromatic carbocycles. The number of fused-ring (bicyclic) bond motifs is 3. The number of nitrogens with zero attached hydrogens (tertiary/aromatic N) is 1. The summed E-state index contributed by atoms with van der Waals surface area (Å²) < 4.78 is 11.4. The van der Waals surface area contributed by atoms with Crippen molar-refractivity contribution < 1.29 is 13.9 Å². The van der Waals surface area contributed by atoms with Crippen molar-refractivity contribution in [3.05, 3.63) is 36.4 Å². The summed E-state index contributed by atoms with van der Waals surface area (Å²) in [6.45, 7) is 5.54. The molecule has 0 saturated heterocycles. The second-order valence-corrected chi connectivity index (χ2v) is 7.02. The van der Waals surface area contributed by atoms with Crippen molar-refractivity contribution in [1.82, 2.24) is 5.32 Å². The number of carbonyl (C=O) groups is 1. The fourth-order valence-corrected chi connectivity index (χ4v) is 2.87. The number of nitrogens with one attached hydrogen (secondary N) is 2. The normalized spacial score (nSPS) is 13.3. The zero-order chi connectivity index (χ0) is 19.6. The lowest BCUT2D eigenvalue weighted by Crippen LogP contribution is -2.50. The Morgan fingerprint density at radius 3 is 2.67 bits per heavy atom. The summed E-state index contributed by atoms with van der Waals surface area (Å²) in [5.41, 5.74) is 1.25. The minimum Gasteiger partial charge on any atom is -0.495 e. The van der Waals surface area contributed by atoms with Crippen molar-refractivity contribution in [2.45, 2.75) is 26.3 Å². The van der Waals surface area contributed by atoms with Gasteiger partial charge in [-0.1, -0.05) is 32.0 Å². The van der Waals surface area contributed by atoms with E-state index in [1.54, 1.807) is 14.0 Å². The highest BCUT2D eigenvalue weighted by Gasteiger charge is 2.29. The highest BCUT2D eigenvalue weighted by molar-refractivity contribution is 6.06. The topological polar surface area (TPSA) is 87.3 Å². The number of rotatable bonds is 6. The zero-order valence-corrected chi connectivity index (χ0v) is 15.9. The molecular weight excluding hydrogens is 342 g/mol. The monoisotopic (exact) mass is 365 g/mol. The molecule has 3 rings (SSSR count). The molecule has 6 nitrogen and oxygen atoms in total. The van der Waals surface area contributed by atoms with Crippen LogP contribution < -0.4 is 15.4 Å². The van der Waals surface area contributed by atoms with E-state index < -0.39 is 5.54 Å². The van der Waals surface area contributed by atoms with Gasteiger partial charge in [-0.15, -0.1) is 0 Å². The van der Waals surface area contributed by atoms with Gasteiger partial charge in [0.25, 0.3) is 0 Å². The summed E-state index contributed by atoms with van der Waals surface area (Å²) in [5, 5.41) is 17.2. The Balaban J connectivity index is 1.83. The van der Waals surface area contributed by atoms with Crippen LogP contribution in [0.3, 0.4) is 0 Å². The SMILES string of the molecule is COc1cc2c(cc1NCC(=O)NC(C)(C#N)C(C)C)oc1ccccc12. The average molecular weight is 365 g/mol. The van der Waals surface area contributed by atoms with Gasteiger partial charge in [0.05, 0.1) is 25.4 Å². The first-order valence-electron chi connectivity index (χ1n) is 8.83. The maximum Gasteiger partial charge on any atom is 0.240 e. The molecule has 140 valence electrons. The Morgan fingerprint density at radius 1 is 1.26 bits per heavy atom. The van der Waals surface area contributed by atoms with E-state index in [0.717, 1.165) is 16.4 Å². The standard InChI is InChI=1S/C21H23N3O3/c1-13(2)21(3,12-22)24-20(25)11-23-16-10-18-15(9-19(16)26-4)14-7-5-6-8-17(14)27-18/h5-10,13,23H,11H2,1-4H3,(H,24,25). The first kappa shape index (κ1) is 18.6. The molecule has 1 heterocycles. The van der Waals surface area contributed by atoms with Gasteiger partial charge in [0.1, 0.15) is 22.5 Å². The Kier molecular flexibility index (Phi) is 4.95. The minimum atomic E-state index is -0.911. The lowest BCUT2D eigenvalue weighted by molar-refractivity contribution is -0.121. The third-order valence-corrected chi connectivity index (χ3v) is 4.92. The van der Waals surface area contributed by atoms with Crippen LogP contribution in [0.25, 0.3) is 21.9 Å². The number of hydrogen-bond acceptors (Lipinski definition) is 5. The fraction of sp³-hybridized carbons (Fsp3) is 0.333. The molecule has 2 N–H and O–H groups in total. The van der Waals surface area contributed by atoms with Gasteiger partial charge in [0.15, 0.2) is 0 Å². The van der Waals surface area contributed by atoms with E-state index in [4.69, 9.17) is 9.15 Å². The maximum absolute atomic E-state index is 12.3. The van der Waals surface area contributed by atoms with Crippen LogP contribution in [0.1, 0.15) is 20.8 Å². The van der Waals surface area contributed by atoms with E-state index in [9.17, 15) is 10.1 Å². The van der Waals surface area contributed by atoms with Crippen LogP contribution in [0.2, 0.25) is 0 Å². The first-order valence-corrected chi connectivity index (χ1v) is 8.83. The van der Waals surface area contributed by atoms with Gasteiger partial charge < -0.3 is 19.8 Å². The predicted molar refractivity (Wildman–Crippen MR) is 106 cm³/mol. The van der Waals surface area contributed by atoms with Crippen LogP contribution >= 0.6 is 0 Å². The number of nitriles is 1. The van der Waals surface area contributed by atoms with E-state index >= 15 is 0 Å². The Bertz CT molecular complexity index is 1030. The molecule has 6 heteroatoms. The lowest BCUT2D eigenvalue weighted by atomic mass is 9.90. The summed E-state index contributed by atoms with van der Waals surface area (Å²) in [5.74, 6) is 0.348. The van der Waals surface area contributed by atoms with E-state index in [2.05, 4.69) is 16.7 Å². The van der Waals surface area contributed by atoms with Crippen LogP contribution in [0.4, 0.5) is 5.69 Å². The number of carbonyl (C=O) groups excluding carboxylic acids is 1. The van der Waals surface area contributed by atoms with E-state index in [0.29, 0.717) is 17.0 Å². The molecule has 27 heavy (non-hydrogen) atoms. The number of furan rings is 1. The van der Waals surface area contributed by atoms with Gasteiger partial charge in [-0.3, -0.25) is 4.79 Å². The number of hydrogen-bond donors (Lipinski definition) is 2. The number of para-hydroxylation sites is 1. The highest BCUT2D eigenvalue weighted by Crippen LogP contribution is 2.36. The van der Waals surface area contributed by atoms with Crippen LogP contribution in [0.15, 0.2) is 40.8 Å². The predicted octanol–water partition coefficient (Wildman–Crippen LogP) is 4.06. The number of methoxy groups -OCH3 is 1. The summed E-state index contributed by atoms with van der Waals surface area (Å²) in [6.07, 6.45) is 0. The molecule has 1 aromatic heterocycles. The largest absolute Gasteiger partial charge is 0.495 e. The Hall–Kier alpha value is -3.20. The molecule has 0 bridgehead atoms. The molecule has 0 radical (unpaired) electrons. The number of benzene rings is 2. The second kappa shape index (κ2) is 7.20. The summed E-state index contributed by atoms with van der Waals surface area (Å²) in [6, 6.07) is 13.7. The smallest absolute Gasteiger partial charge is 0.240 e. The molecule has 1 unspecified atom stereocenters. The summed E-state index contributed by atoms with van der Waals surface area (Å²) >= 11 is 0. The van der Waals surface area contributed by atoms with Gasteiger partial charge in [-0.25, -0.2) is 0 Å². The quantitative estimate of drug-likeness (QED) is 0.688. The molecule has 0 fully saturated rings. The van der Waals surface area contributed by atoms with Crippen LogP contribution in [-0.4, -0.2) is 25.1 Å². The zero-order valence-electron chi connectivity index (χ0n) is 15.9. The number of ether oxygens (including phenoxy) is 1. The maximum atomic E-state index is 12.3. The van der Waals surface area contributed by atoms with Crippen LogP contribution in [-0.2, 0) is 4.79 Å². The van der Waals surface area contributed by atoms with Crippen LogP contribution in [0.5, 0.6) is 5.75 Å². The Labute approximate surface area is 158 Å². The molecule has 3 aromatic rings. The summed E-state index contributed by atoms with van der Waals surface area (Å²) in [7, 11) is 1.58. The molecule has 1 atom stereocenters. The molecule has 0 aliphatic carbocycles. The average Bonchev–Trinajstić information content (AvgIpc) is 3.02. The van der Waals surface area contributed by atoms with Crippen molar-refractivity contribution in [2.24, 2.45) is 5.92 Å². The number of anilines is 1. The van der Waals surface area contributed by atoms with Gasteiger partial charge in [-0.2, -0.15) is 5.26 Å². The molecule has 0 spiro atoms. The summed E-state index contributed by atoms with van der Waals surface area (Å²) in [4.78, 5) is 12.3. The van der Waals surface area contributed by atoms with Gasteiger partial charge >= 0.3 is 0 Å². The third kappa shape index (κ3) is 3.54. The van der Waals surface area contributed by atoms with Gasteiger partial charge in [0.2, 0.25) is 5.91 Å². The van der Waals surface area contributed by atoms with Crippen molar-refractivity contribution in [3.63, 3.8) is 0 Å². The van der Waals surface area contributed by atoms with E-state index in [-0.39, 0.29) is 18.4 Å². The van der Waals surface area contributed by atoms with Crippen molar-refractivity contribution in [3.8, 4) is 11.8 Å². The van der Waals surface area contributed by atoms with Crippen molar-refractivity contribution in [2.75, 3.05) is 19.0 Å². The lowest BCUT2D eigenvalue weighted by Gasteiger charge is -2.27. The van der Waals surface area contributed by atoms with Crippen molar-refractivity contribution >= 4 is 33.5 Å². The van der Waals surface area contributed by atoms with Crippen molar-refractivity contribution in [1.29, 1.82) is 5.26 Å². The Morgan fingerprint density at radius 2 is 2.00 bits per heavy atom. The molecule has 0 aliphatic rings. The van der Waals surface area contributed by atoms with E-state index in [1.807, 2.05) is 50.2 Å². The van der Waals surface area contributed by atoms with Gasteiger partial charge in [0, 0.05) is 16.8 Å². The third-order valence-electron chi connectivity index (χ3n) is 4.92. The second-order valence-electron chi connectivity index (χ2n) is 7.02. The van der Waals surface area contributed by atoms with Gasteiger partial charge in [-0.05, 0) is 25.0 Å². The molecule has 0 saturated carbocycles. The molecule has 0 aliphatic heterocycles.